The molecule has 0 saturated carbocycles. The van der Waals surface area contributed by atoms with Crippen LogP contribution in [-0.2, 0) is 4.79 Å². The molecule has 164 valence electrons. The van der Waals surface area contributed by atoms with Gasteiger partial charge in [0.1, 0.15) is 11.6 Å². The van der Waals surface area contributed by atoms with E-state index in [2.05, 4.69) is 16.3 Å². The first-order valence-electron chi connectivity index (χ1n) is 10.8. The van der Waals surface area contributed by atoms with Crippen LogP contribution in [-0.4, -0.2) is 23.1 Å². The maximum Gasteiger partial charge on any atom is 0.161 e. The first-order valence-corrected chi connectivity index (χ1v) is 10.8. The van der Waals surface area contributed by atoms with Crippen LogP contribution in [0.25, 0.3) is 11.3 Å². The maximum atomic E-state index is 13.2. The number of nitrogens with zero attached hydrogens (tertiary/aromatic N) is 3. The van der Waals surface area contributed by atoms with Gasteiger partial charge < -0.3 is 10.5 Å². The molecule has 2 aliphatic rings. The number of carbonyl (C=O) groups excluding carboxylic acids is 1. The Balaban J connectivity index is 1.67. The standard InChI is InChI=1S/C26H23N5O2/c1-33-18-10-5-9-17(13-18)24-19(15-27)26(28)31(21-11-6-12-22(32)25(21)24)23-14-20(29-30-23)16-7-3-2-4-8-16/h2-5,7-10,13-14,24H,6,11-12,28H2,1H3,(H,29,30). The number of Topliss-reactive ketones (excluding diaryl/α,β-unsaturated/α-hetero) is 1. The van der Waals surface area contributed by atoms with Gasteiger partial charge in [-0.15, -0.1) is 0 Å². The van der Waals surface area contributed by atoms with Crippen LogP contribution in [0.4, 0.5) is 5.82 Å². The molecule has 0 radical (unpaired) electrons. The number of benzene rings is 2. The van der Waals surface area contributed by atoms with Gasteiger partial charge in [0.25, 0.3) is 0 Å². The molecule has 3 N–H and O–H groups in total. The quantitative estimate of drug-likeness (QED) is 0.627. The molecule has 2 aromatic carbocycles. The average molecular weight is 438 g/mol. The number of ketones is 1. The van der Waals surface area contributed by atoms with Crippen molar-refractivity contribution in [2.75, 3.05) is 12.0 Å². The third-order valence-electron chi connectivity index (χ3n) is 6.22. The summed E-state index contributed by atoms with van der Waals surface area (Å²) in [5.74, 6) is 1.02. The first kappa shape index (κ1) is 20.6. The Labute approximate surface area is 191 Å². The summed E-state index contributed by atoms with van der Waals surface area (Å²) in [6.07, 6.45) is 1.85. The van der Waals surface area contributed by atoms with Gasteiger partial charge in [0.15, 0.2) is 11.6 Å². The molecule has 1 aliphatic heterocycles. The predicted molar refractivity (Wildman–Crippen MR) is 125 cm³/mol. The SMILES string of the molecule is COc1cccc(C2C(C#N)=C(N)N(c3cc(-c4ccccc4)[nH]n3)C3=C2C(=O)CCC3)c1. The van der Waals surface area contributed by atoms with Gasteiger partial charge in [-0.3, -0.25) is 14.8 Å². The molecule has 1 atom stereocenters. The van der Waals surface area contributed by atoms with E-state index >= 15 is 0 Å². The van der Waals surface area contributed by atoms with Crippen molar-refractivity contribution >= 4 is 11.6 Å². The van der Waals surface area contributed by atoms with Crippen LogP contribution in [0.5, 0.6) is 5.75 Å². The molecular formula is C26H23N5O2. The summed E-state index contributed by atoms with van der Waals surface area (Å²) in [6, 6.07) is 21.5. The second-order valence-electron chi connectivity index (χ2n) is 8.10. The van der Waals surface area contributed by atoms with Crippen LogP contribution in [0.3, 0.4) is 0 Å². The number of methoxy groups -OCH3 is 1. The summed E-state index contributed by atoms with van der Waals surface area (Å²) in [4.78, 5) is 15.0. The lowest BCUT2D eigenvalue weighted by molar-refractivity contribution is -0.116. The van der Waals surface area contributed by atoms with E-state index in [0.717, 1.165) is 28.9 Å². The summed E-state index contributed by atoms with van der Waals surface area (Å²) in [6.45, 7) is 0. The number of ether oxygens (including phenoxy) is 1. The minimum absolute atomic E-state index is 0.0353. The highest BCUT2D eigenvalue weighted by Gasteiger charge is 2.41. The summed E-state index contributed by atoms with van der Waals surface area (Å²) in [7, 11) is 1.59. The van der Waals surface area contributed by atoms with Crippen molar-refractivity contribution in [1.29, 1.82) is 5.26 Å². The Morgan fingerprint density at radius 3 is 2.73 bits per heavy atom. The number of hydrogen-bond acceptors (Lipinski definition) is 6. The number of anilines is 1. The predicted octanol–water partition coefficient (Wildman–Crippen LogP) is 4.39. The van der Waals surface area contributed by atoms with E-state index in [1.165, 1.54) is 0 Å². The third kappa shape index (κ3) is 3.46. The largest absolute Gasteiger partial charge is 0.497 e. The zero-order valence-corrected chi connectivity index (χ0v) is 18.2. The number of H-pyrrole nitrogens is 1. The van der Waals surface area contributed by atoms with Crippen LogP contribution < -0.4 is 15.4 Å². The van der Waals surface area contributed by atoms with Gasteiger partial charge in [-0.1, -0.05) is 42.5 Å². The molecule has 1 aromatic heterocycles. The first-order chi connectivity index (χ1) is 16.1. The lowest BCUT2D eigenvalue weighted by Crippen LogP contribution is -2.38. The van der Waals surface area contributed by atoms with E-state index in [1.54, 1.807) is 12.0 Å². The molecule has 5 rings (SSSR count). The lowest BCUT2D eigenvalue weighted by Gasteiger charge is -2.38. The number of hydrogen-bond donors (Lipinski definition) is 2. The average Bonchev–Trinajstić information content (AvgIpc) is 3.34. The third-order valence-corrected chi connectivity index (χ3v) is 6.22. The Morgan fingerprint density at radius 2 is 1.97 bits per heavy atom. The summed E-state index contributed by atoms with van der Waals surface area (Å²) in [5.41, 5.74) is 11.0. The van der Waals surface area contributed by atoms with E-state index < -0.39 is 5.92 Å². The summed E-state index contributed by atoms with van der Waals surface area (Å²) < 4.78 is 5.38. The second-order valence-corrected chi connectivity index (χ2v) is 8.10. The van der Waals surface area contributed by atoms with Crippen LogP contribution in [0.1, 0.15) is 30.7 Å². The molecule has 0 saturated heterocycles. The lowest BCUT2D eigenvalue weighted by atomic mass is 9.75. The van der Waals surface area contributed by atoms with Crippen molar-refractivity contribution < 1.29 is 9.53 Å². The fourth-order valence-electron chi connectivity index (χ4n) is 4.69. The molecule has 3 aromatic rings. The Morgan fingerprint density at radius 1 is 1.15 bits per heavy atom. The van der Waals surface area contributed by atoms with E-state index in [9.17, 15) is 10.1 Å². The Hall–Kier alpha value is -4.31. The topological polar surface area (TPSA) is 108 Å². The van der Waals surface area contributed by atoms with Gasteiger partial charge in [-0.05, 0) is 36.1 Å². The van der Waals surface area contributed by atoms with Crippen LogP contribution >= 0.6 is 0 Å². The highest BCUT2D eigenvalue weighted by Crippen LogP contribution is 2.46. The molecule has 7 nitrogen and oxygen atoms in total. The highest BCUT2D eigenvalue weighted by molar-refractivity contribution is 6.01. The minimum Gasteiger partial charge on any atom is -0.497 e. The van der Waals surface area contributed by atoms with E-state index in [4.69, 9.17) is 10.5 Å². The fourth-order valence-corrected chi connectivity index (χ4v) is 4.69. The minimum atomic E-state index is -0.531. The van der Waals surface area contributed by atoms with Gasteiger partial charge >= 0.3 is 0 Å². The maximum absolute atomic E-state index is 13.2. The van der Waals surface area contributed by atoms with Crippen molar-refractivity contribution in [1.82, 2.24) is 10.2 Å². The monoisotopic (exact) mass is 437 g/mol. The van der Waals surface area contributed by atoms with Crippen LogP contribution in [0, 0.1) is 11.3 Å². The summed E-state index contributed by atoms with van der Waals surface area (Å²) in [5, 5.41) is 17.7. The van der Waals surface area contributed by atoms with Crippen LogP contribution in [0.2, 0.25) is 0 Å². The smallest absolute Gasteiger partial charge is 0.161 e. The summed E-state index contributed by atoms with van der Waals surface area (Å²) >= 11 is 0. The van der Waals surface area contributed by atoms with Gasteiger partial charge in [-0.25, -0.2) is 0 Å². The van der Waals surface area contributed by atoms with E-state index in [1.807, 2.05) is 60.7 Å². The molecule has 0 fully saturated rings. The highest BCUT2D eigenvalue weighted by atomic mass is 16.5. The number of carbonyl (C=O) groups is 1. The number of nitriles is 1. The molecule has 1 unspecified atom stereocenters. The molecule has 1 aliphatic carbocycles. The molecule has 0 bridgehead atoms. The van der Waals surface area contributed by atoms with Crippen molar-refractivity contribution in [3.05, 3.63) is 88.9 Å². The van der Waals surface area contributed by atoms with Crippen LogP contribution in [0.15, 0.2) is 83.3 Å². The number of aromatic amines is 1. The van der Waals surface area contributed by atoms with E-state index in [0.29, 0.717) is 41.4 Å². The zero-order chi connectivity index (χ0) is 22.9. The molecule has 33 heavy (non-hydrogen) atoms. The molecule has 7 heteroatoms. The molecule has 2 heterocycles. The number of rotatable bonds is 4. The van der Waals surface area contributed by atoms with E-state index in [-0.39, 0.29) is 5.78 Å². The molecular weight excluding hydrogens is 414 g/mol. The normalized spacial score (nSPS) is 18.2. The second kappa shape index (κ2) is 8.32. The number of nitrogens with two attached hydrogens (primary N) is 1. The number of aromatic nitrogens is 2. The fraction of sp³-hybridized carbons (Fsp3) is 0.192. The van der Waals surface area contributed by atoms with Gasteiger partial charge in [0, 0.05) is 23.8 Å². The Bertz CT molecular complexity index is 1330. The zero-order valence-electron chi connectivity index (χ0n) is 18.2. The molecule has 0 spiro atoms. The van der Waals surface area contributed by atoms with Crippen molar-refractivity contribution in [2.45, 2.75) is 25.2 Å². The van der Waals surface area contributed by atoms with Gasteiger partial charge in [-0.2, -0.15) is 10.4 Å². The number of nitrogens with one attached hydrogen (secondary N) is 1. The van der Waals surface area contributed by atoms with Gasteiger partial charge in [0.2, 0.25) is 0 Å². The number of allylic oxidation sites excluding steroid dienone is 3. The van der Waals surface area contributed by atoms with Crippen molar-refractivity contribution in [3.63, 3.8) is 0 Å². The Kier molecular flexibility index (Phi) is 5.19. The molecule has 0 amide bonds. The van der Waals surface area contributed by atoms with Crippen molar-refractivity contribution in [3.8, 4) is 23.1 Å². The van der Waals surface area contributed by atoms with Crippen molar-refractivity contribution in [2.24, 2.45) is 5.73 Å². The van der Waals surface area contributed by atoms with Gasteiger partial charge in [0.05, 0.1) is 30.4 Å².